The molecule has 0 aromatic heterocycles. The van der Waals surface area contributed by atoms with Crippen LogP contribution in [0.4, 0.5) is 9.59 Å². The van der Waals surface area contributed by atoms with Gasteiger partial charge in [0, 0.05) is 7.05 Å². The number of nitrogens with one attached hydrogen (secondary N) is 2. The fraction of sp³-hybridized carbons (Fsp3) is 0.444. The average molecular weight is 376 g/mol. The molecular weight excluding hydrogens is 352 g/mol. The van der Waals surface area contributed by atoms with E-state index in [-0.39, 0.29) is 6.54 Å². The Balaban J connectivity index is 2.03. The number of amides is 5. The fourth-order valence-corrected chi connectivity index (χ4v) is 2.49. The van der Waals surface area contributed by atoms with Gasteiger partial charge in [-0.15, -0.1) is 0 Å². The van der Waals surface area contributed by atoms with Crippen LogP contribution in [0.5, 0.6) is 0 Å². The third-order valence-corrected chi connectivity index (χ3v) is 3.86. The molecule has 1 atom stereocenters. The maximum absolute atomic E-state index is 12.7. The minimum Gasteiger partial charge on any atom is -0.444 e. The standard InChI is InChI=1S/C18H24N4O5/c1-17(2,3)27-16(26)21(5)11-13(23)20-22-14(24)18(4,19-15(22)25)12-9-7-6-8-10-12/h6-10H,11H2,1-5H3,(H,19,25)(H,20,23). The molecule has 0 aliphatic carbocycles. The Hall–Kier alpha value is -3.10. The summed E-state index contributed by atoms with van der Waals surface area (Å²) in [5, 5.41) is 3.20. The molecule has 1 aromatic carbocycles. The first-order valence-electron chi connectivity index (χ1n) is 8.40. The SMILES string of the molecule is CN(CC(=O)NN1C(=O)NC(C)(c2ccccc2)C1=O)C(=O)OC(C)(C)C. The van der Waals surface area contributed by atoms with Crippen molar-refractivity contribution in [1.82, 2.24) is 20.7 Å². The van der Waals surface area contributed by atoms with Crippen LogP contribution in [0.25, 0.3) is 0 Å². The van der Waals surface area contributed by atoms with Gasteiger partial charge >= 0.3 is 12.1 Å². The number of carbonyl (C=O) groups is 4. The second-order valence-corrected chi connectivity index (χ2v) is 7.43. The van der Waals surface area contributed by atoms with Gasteiger partial charge in [-0.05, 0) is 33.3 Å². The minimum atomic E-state index is -1.29. The highest BCUT2D eigenvalue weighted by Crippen LogP contribution is 2.27. The van der Waals surface area contributed by atoms with E-state index in [0.29, 0.717) is 10.6 Å². The number of carbonyl (C=O) groups excluding carboxylic acids is 4. The van der Waals surface area contributed by atoms with Crippen LogP contribution in [0, 0.1) is 0 Å². The number of urea groups is 1. The molecule has 1 aromatic rings. The minimum absolute atomic E-state index is 0.381. The van der Waals surface area contributed by atoms with Crippen molar-refractivity contribution >= 4 is 23.9 Å². The highest BCUT2D eigenvalue weighted by Gasteiger charge is 2.50. The van der Waals surface area contributed by atoms with Gasteiger partial charge in [-0.2, -0.15) is 5.01 Å². The van der Waals surface area contributed by atoms with Gasteiger partial charge in [-0.3, -0.25) is 15.0 Å². The Morgan fingerprint density at radius 3 is 2.37 bits per heavy atom. The number of hydrazine groups is 1. The monoisotopic (exact) mass is 376 g/mol. The van der Waals surface area contributed by atoms with Crippen LogP contribution >= 0.6 is 0 Å². The van der Waals surface area contributed by atoms with Crippen molar-refractivity contribution in [3.8, 4) is 0 Å². The Kier molecular flexibility index (Phi) is 5.43. The van der Waals surface area contributed by atoms with Crippen molar-refractivity contribution in [3.05, 3.63) is 35.9 Å². The first-order valence-corrected chi connectivity index (χ1v) is 8.40. The maximum atomic E-state index is 12.7. The molecular formula is C18H24N4O5. The molecule has 9 heteroatoms. The van der Waals surface area contributed by atoms with E-state index in [1.54, 1.807) is 58.0 Å². The van der Waals surface area contributed by atoms with Crippen molar-refractivity contribution < 1.29 is 23.9 Å². The highest BCUT2D eigenvalue weighted by molar-refractivity contribution is 6.08. The largest absolute Gasteiger partial charge is 0.444 e. The summed E-state index contributed by atoms with van der Waals surface area (Å²) in [7, 11) is 1.38. The average Bonchev–Trinajstić information content (AvgIpc) is 2.78. The number of hydrogen-bond acceptors (Lipinski definition) is 5. The first kappa shape index (κ1) is 20.2. The van der Waals surface area contributed by atoms with Gasteiger partial charge in [0.15, 0.2) is 0 Å². The highest BCUT2D eigenvalue weighted by atomic mass is 16.6. The molecule has 0 spiro atoms. The van der Waals surface area contributed by atoms with Crippen LogP contribution in [-0.2, 0) is 19.9 Å². The van der Waals surface area contributed by atoms with E-state index in [0.717, 1.165) is 4.90 Å². The molecule has 1 heterocycles. The van der Waals surface area contributed by atoms with E-state index >= 15 is 0 Å². The van der Waals surface area contributed by atoms with Crippen molar-refractivity contribution in [1.29, 1.82) is 0 Å². The molecule has 2 rings (SSSR count). The molecule has 1 aliphatic rings. The van der Waals surface area contributed by atoms with Gasteiger partial charge in [-0.25, -0.2) is 9.59 Å². The summed E-state index contributed by atoms with van der Waals surface area (Å²) >= 11 is 0. The Labute approximate surface area is 157 Å². The molecule has 2 N–H and O–H groups in total. The third kappa shape index (κ3) is 4.55. The number of ether oxygens (including phenoxy) is 1. The van der Waals surface area contributed by atoms with Crippen molar-refractivity contribution in [2.45, 2.75) is 38.8 Å². The van der Waals surface area contributed by atoms with Crippen LogP contribution in [-0.4, -0.2) is 53.0 Å². The first-order chi connectivity index (χ1) is 12.4. The molecule has 1 aliphatic heterocycles. The third-order valence-electron chi connectivity index (χ3n) is 3.86. The molecule has 9 nitrogen and oxygen atoms in total. The van der Waals surface area contributed by atoms with Gasteiger partial charge in [0.1, 0.15) is 17.7 Å². The van der Waals surface area contributed by atoms with E-state index in [1.165, 1.54) is 7.05 Å². The maximum Gasteiger partial charge on any atom is 0.410 e. The van der Waals surface area contributed by atoms with E-state index in [9.17, 15) is 19.2 Å². The van der Waals surface area contributed by atoms with Gasteiger partial charge in [-0.1, -0.05) is 30.3 Å². The second kappa shape index (κ2) is 7.26. The fourth-order valence-electron chi connectivity index (χ4n) is 2.49. The Morgan fingerprint density at radius 2 is 1.81 bits per heavy atom. The Bertz CT molecular complexity index is 759. The zero-order valence-corrected chi connectivity index (χ0v) is 16.0. The summed E-state index contributed by atoms with van der Waals surface area (Å²) in [6.07, 6.45) is -0.691. The zero-order chi connectivity index (χ0) is 20.4. The summed E-state index contributed by atoms with van der Waals surface area (Å²) in [5.74, 6) is -1.32. The van der Waals surface area contributed by atoms with Crippen LogP contribution in [0.2, 0.25) is 0 Å². The Morgan fingerprint density at radius 1 is 1.22 bits per heavy atom. The summed E-state index contributed by atoms with van der Waals surface area (Å²) < 4.78 is 5.15. The lowest BCUT2D eigenvalue weighted by Gasteiger charge is -2.25. The van der Waals surface area contributed by atoms with Crippen molar-refractivity contribution in [2.24, 2.45) is 0 Å². The zero-order valence-electron chi connectivity index (χ0n) is 16.0. The lowest BCUT2D eigenvalue weighted by atomic mass is 9.92. The number of benzene rings is 1. The number of likely N-dealkylation sites (N-methyl/N-ethyl adjacent to an activating group) is 1. The number of imide groups is 1. The van der Waals surface area contributed by atoms with Crippen LogP contribution in [0.15, 0.2) is 30.3 Å². The predicted molar refractivity (Wildman–Crippen MR) is 96.2 cm³/mol. The molecule has 1 saturated heterocycles. The number of nitrogens with zero attached hydrogens (tertiary/aromatic N) is 2. The van der Waals surface area contributed by atoms with Crippen LogP contribution < -0.4 is 10.7 Å². The number of rotatable bonds is 4. The van der Waals surface area contributed by atoms with Crippen molar-refractivity contribution in [2.75, 3.05) is 13.6 Å². The van der Waals surface area contributed by atoms with Gasteiger partial charge in [0.05, 0.1) is 0 Å². The van der Waals surface area contributed by atoms with Gasteiger partial charge in [0.25, 0.3) is 11.8 Å². The van der Waals surface area contributed by atoms with Crippen molar-refractivity contribution in [3.63, 3.8) is 0 Å². The molecule has 27 heavy (non-hydrogen) atoms. The van der Waals surface area contributed by atoms with Gasteiger partial charge < -0.3 is 15.0 Å². The topological polar surface area (TPSA) is 108 Å². The lowest BCUT2D eigenvalue weighted by molar-refractivity contribution is -0.139. The smallest absolute Gasteiger partial charge is 0.410 e. The molecule has 1 fully saturated rings. The summed E-state index contributed by atoms with van der Waals surface area (Å²) in [6.45, 7) is 6.29. The summed E-state index contributed by atoms with van der Waals surface area (Å²) in [6, 6.07) is 7.95. The molecule has 5 amide bonds. The number of hydrogen-bond donors (Lipinski definition) is 2. The lowest BCUT2D eigenvalue weighted by Crippen LogP contribution is -2.51. The van der Waals surface area contributed by atoms with E-state index < -0.39 is 35.1 Å². The molecule has 1 unspecified atom stereocenters. The van der Waals surface area contributed by atoms with E-state index in [1.807, 2.05) is 0 Å². The molecule has 146 valence electrons. The molecule has 0 bridgehead atoms. The van der Waals surface area contributed by atoms with Crippen LogP contribution in [0.1, 0.15) is 33.3 Å². The van der Waals surface area contributed by atoms with Gasteiger partial charge in [0.2, 0.25) is 0 Å². The normalized spacial score (nSPS) is 19.5. The quantitative estimate of drug-likeness (QED) is 0.771. The van der Waals surface area contributed by atoms with E-state index in [4.69, 9.17) is 4.74 Å². The second-order valence-electron chi connectivity index (χ2n) is 7.43. The van der Waals surface area contributed by atoms with E-state index in [2.05, 4.69) is 10.7 Å². The van der Waals surface area contributed by atoms with Crippen LogP contribution in [0.3, 0.4) is 0 Å². The predicted octanol–water partition coefficient (Wildman–Crippen LogP) is 1.35. The molecule has 0 radical (unpaired) electrons. The summed E-state index contributed by atoms with van der Waals surface area (Å²) in [4.78, 5) is 50.0. The summed E-state index contributed by atoms with van der Waals surface area (Å²) in [5.41, 5.74) is 0.831. The molecule has 0 saturated carbocycles.